The van der Waals surface area contributed by atoms with Gasteiger partial charge in [-0.2, -0.15) is 0 Å². The SMILES string of the molecule is CN(CCC(N)=O)C1CCCCC1CN. The summed E-state index contributed by atoms with van der Waals surface area (Å²) >= 11 is 0. The first kappa shape index (κ1) is 12.5. The summed E-state index contributed by atoms with van der Waals surface area (Å²) in [6, 6.07) is 0.545. The lowest BCUT2D eigenvalue weighted by Crippen LogP contribution is -2.44. The van der Waals surface area contributed by atoms with E-state index in [-0.39, 0.29) is 5.91 Å². The van der Waals surface area contributed by atoms with Gasteiger partial charge < -0.3 is 16.4 Å². The van der Waals surface area contributed by atoms with Crippen molar-refractivity contribution in [1.29, 1.82) is 0 Å². The zero-order chi connectivity index (χ0) is 11.3. The van der Waals surface area contributed by atoms with Gasteiger partial charge in [0, 0.05) is 19.0 Å². The molecule has 4 N–H and O–H groups in total. The second-order valence-electron chi connectivity index (χ2n) is 4.54. The van der Waals surface area contributed by atoms with Crippen molar-refractivity contribution in [1.82, 2.24) is 4.90 Å². The van der Waals surface area contributed by atoms with E-state index in [1.807, 2.05) is 0 Å². The zero-order valence-electron chi connectivity index (χ0n) is 9.61. The number of hydrogen-bond donors (Lipinski definition) is 2. The highest BCUT2D eigenvalue weighted by molar-refractivity contribution is 5.73. The molecule has 0 aromatic rings. The van der Waals surface area contributed by atoms with Crippen LogP contribution >= 0.6 is 0 Å². The summed E-state index contributed by atoms with van der Waals surface area (Å²) < 4.78 is 0. The Morgan fingerprint density at radius 2 is 2.07 bits per heavy atom. The highest BCUT2D eigenvalue weighted by atomic mass is 16.1. The minimum absolute atomic E-state index is 0.220. The van der Waals surface area contributed by atoms with Crippen LogP contribution in [0.1, 0.15) is 32.1 Å². The third-order valence-corrected chi connectivity index (χ3v) is 3.45. The minimum atomic E-state index is -0.220. The Morgan fingerprint density at radius 1 is 1.40 bits per heavy atom. The predicted octanol–water partition coefficient (Wildman–Crippen LogP) is 0.311. The van der Waals surface area contributed by atoms with Crippen LogP contribution in [0.25, 0.3) is 0 Å². The molecule has 0 aromatic carbocycles. The summed E-state index contributed by atoms with van der Waals surface area (Å²) in [6.45, 7) is 1.52. The third kappa shape index (κ3) is 3.80. The Morgan fingerprint density at radius 3 is 2.67 bits per heavy atom. The fraction of sp³-hybridized carbons (Fsp3) is 0.909. The first-order valence-corrected chi connectivity index (χ1v) is 5.83. The van der Waals surface area contributed by atoms with Gasteiger partial charge in [0.25, 0.3) is 0 Å². The van der Waals surface area contributed by atoms with Crippen LogP contribution in [0, 0.1) is 5.92 Å². The molecule has 88 valence electrons. The molecule has 0 bridgehead atoms. The predicted molar refractivity (Wildman–Crippen MR) is 61.2 cm³/mol. The molecule has 1 fully saturated rings. The smallest absolute Gasteiger partial charge is 0.218 e. The van der Waals surface area contributed by atoms with E-state index in [1.165, 1.54) is 25.7 Å². The summed E-state index contributed by atoms with van der Waals surface area (Å²) in [6.07, 6.45) is 5.45. The summed E-state index contributed by atoms with van der Waals surface area (Å²) in [4.78, 5) is 13.0. The molecule has 4 nitrogen and oxygen atoms in total. The van der Waals surface area contributed by atoms with Crippen LogP contribution in [0.3, 0.4) is 0 Å². The van der Waals surface area contributed by atoms with Crippen molar-refractivity contribution in [3.05, 3.63) is 0 Å². The summed E-state index contributed by atoms with van der Waals surface area (Å²) in [5.74, 6) is 0.374. The van der Waals surface area contributed by atoms with Crippen LogP contribution in [0.2, 0.25) is 0 Å². The molecule has 0 saturated heterocycles. The summed E-state index contributed by atoms with van der Waals surface area (Å²) in [5.41, 5.74) is 10.9. The van der Waals surface area contributed by atoms with Crippen LogP contribution < -0.4 is 11.5 Å². The fourth-order valence-electron chi connectivity index (χ4n) is 2.50. The molecule has 1 aliphatic rings. The topological polar surface area (TPSA) is 72.3 Å². The monoisotopic (exact) mass is 213 g/mol. The number of carbonyl (C=O) groups excluding carboxylic acids is 1. The highest BCUT2D eigenvalue weighted by Gasteiger charge is 2.26. The lowest BCUT2D eigenvalue weighted by atomic mass is 9.83. The van der Waals surface area contributed by atoms with Gasteiger partial charge >= 0.3 is 0 Å². The number of rotatable bonds is 5. The second kappa shape index (κ2) is 6.08. The fourth-order valence-corrected chi connectivity index (χ4v) is 2.50. The maximum atomic E-state index is 10.7. The van der Waals surface area contributed by atoms with Gasteiger partial charge in [-0.15, -0.1) is 0 Å². The number of amides is 1. The normalized spacial score (nSPS) is 26.9. The van der Waals surface area contributed by atoms with Gasteiger partial charge in [0.05, 0.1) is 0 Å². The number of carbonyl (C=O) groups is 1. The van der Waals surface area contributed by atoms with Gasteiger partial charge in [-0.05, 0) is 32.4 Å². The molecule has 0 aromatic heterocycles. The van der Waals surface area contributed by atoms with E-state index in [4.69, 9.17) is 11.5 Å². The van der Waals surface area contributed by atoms with Gasteiger partial charge in [-0.3, -0.25) is 4.79 Å². The van der Waals surface area contributed by atoms with Crippen LogP contribution in [0.15, 0.2) is 0 Å². The quantitative estimate of drug-likeness (QED) is 0.690. The standard InChI is InChI=1S/C11H23N3O/c1-14(7-6-11(13)15)10-5-3-2-4-9(10)8-12/h9-10H,2-8,12H2,1H3,(H2,13,15). The Bertz CT molecular complexity index is 208. The lowest BCUT2D eigenvalue weighted by Gasteiger charge is -2.37. The Kier molecular flexibility index (Phi) is 5.05. The van der Waals surface area contributed by atoms with Crippen LogP contribution in [0.4, 0.5) is 0 Å². The van der Waals surface area contributed by atoms with Gasteiger partial charge in [0.15, 0.2) is 0 Å². The van der Waals surface area contributed by atoms with Crippen molar-refractivity contribution in [3.8, 4) is 0 Å². The third-order valence-electron chi connectivity index (χ3n) is 3.45. The maximum Gasteiger partial charge on any atom is 0.218 e. The van der Waals surface area contributed by atoms with Crippen molar-refractivity contribution in [3.63, 3.8) is 0 Å². The van der Waals surface area contributed by atoms with Gasteiger partial charge in [0.1, 0.15) is 0 Å². The van der Waals surface area contributed by atoms with Crippen molar-refractivity contribution < 1.29 is 4.79 Å². The molecule has 1 saturated carbocycles. The largest absolute Gasteiger partial charge is 0.370 e. The molecule has 1 amide bonds. The van der Waals surface area contributed by atoms with Crippen molar-refractivity contribution in [2.75, 3.05) is 20.1 Å². The van der Waals surface area contributed by atoms with Gasteiger partial charge in [0.2, 0.25) is 5.91 Å². The molecule has 0 radical (unpaired) electrons. The number of hydrogen-bond acceptors (Lipinski definition) is 3. The number of nitrogens with two attached hydrogens (primary N) is 2. The second-order valence-corrected chi connectivity index (χ2v) is 4.54. The molecule has 1 rings (SSSR count). The van der Waals surface area contributed by atoms with Crippen molar-refractivity contribution in [2.45, 2.75) is 38.1 Å². The Labute approximate surface area is 92.0 Å². The van der Waals surface area contributed by atoms with E-state index in [0.717, 1.165) is 13.1 Å². The zero-order valence-corrected chi connectivity index (χ0v) is 9.61. The molecule has 0 heterocycles. The summed E-state index contributed by atoms with van der Waals surface area (Å²) in [7, 11) is 2.07. The molecule has 15 heavy (non-hydrogen) atoms. The molecule has 2 atom stereocenters. The molecule has 0 aliphatic heterocycles. The van der Waals surface area contributed by atoms with Gasteiger partial charge in [-0.1, -0.05) is 12.8 Å². The summed E-state index contributed by atoms with van der Waals surface area (Å²) in [5, 5.41) is 0. The molecule has 4 heteroatoms. The van der Waals surface area contributed by atoms with E-state index in [9.17, 15) is 4.79 Å². The van der Waals surface area contributed by atoms with Crippen LogP contribution in [-0.4, -0.2) is 37.0 Å². The molecule has 0 spiro atoms. The lowest BCUT2D eigenvalue weighted by molar-refractivity contribution is -0.118. The van der Waals surface area contributed by atoms with E-state index in [2.05, 4.69) is 11.9 Å². The van der Waals surface area contributed by atoms with E-state index in [0.29, 0.717) is 18.4 Å². The molecule has 1 aliphatic carbocycles. The van der Waals surface area contributed by atoms with Gasteiger partial charge in [-0.25, -0.2) is 0 Å². The highest BCUT2D eigenvalue weighted by Crippen LogP contribution is 2.27. The van der Waals surface area contributed by atoms with Crippen LogP contribution in [0.5, 0.6) is 0 Å². The van der Waals surface area contributed by atoms with Crippen molar-refractivity contribution in [2.24, 2.45) is 17.4 Å². The number of primary amides is 1. The average Bonchev–Trinajstić information content (AvgIpc) is 2.25. The maximum absolute atomic E-state index is 10.7. The molecule has 2 unspecified atom stereocenters. The van der Waals surface area contributed by atoms with E-state index < -0.39 is 0 Å². The first-order valence-electron chi connectivity index (χ1n) is 5.83. The molecular weight excluding hydrogens is 190 g/mol. The first-order chi connectivity index (χ1) is 7.15. The Balaban J connectivity index is 2.40. The minimum Gasteiger partial charge on any atom is -0.370 e. The number of nitrogens with zero attached hydrogens (tertiary/aromatic N) is 1. The van der Waals surface area contributed by atoms with Crippen LogP contribution in [-0.2, 0) is 4.79 Å². The van der Waals surface area contributed by atoms with E-state index in [1.54, 1.807) is 0 Å². The van der Waals surface area contributed by atoms with E-state index >= 15 is 0 Å². The van der Waals surface area contributed by atoms with Crippen molar-refractivity contribution >= 4 is 5.91 Å². The molecular formula is C11H23N3O. The average molecular weight is 213 g/mol. The Hall–Kier alpha value is -0.610.